The van der Waals surface area contributed by atoms with Crippen molar-refractivity contribution >= 4 is 42.2 Å². The number of hydrogen-bond donors (Lipinski definition) is 4. The first-order valence-electron chi connectivity index (χ1n) is 10.7. The second kappa shape index (κ2) is 11.0. The number of benzene rings is 1. The molecule has 0 aliphatic heterocycles. The number of rotatable bonds is 11. The molecule has 1 amide bonds. The Hall–Kier alpha value is -3.11. The van der Waals surface area contributed by atoms with Gasteiger partial charge in [-0.2, -0.15) is 9.61 Å². The van der Waals surface area contributed by atoms with Crippen LogP contribution in [0.4, 0.5) is 17.3 Å². The quantitative estimate of drug-likeness (QED) is 0.336. The number of nitrogens with zero attached hydrogens (tertiary/aromatic N) is 4. The lowest BCUT2D eigenvalue weighted by atomic mass is 10.0. The Balaban J connectivity index is 1.72. The lowest BCUT2D eigenvalue weighted by Crippen LogP contribution is -2.27. The fourth-order valence-corrected chi connectivity index (χ4v) is 3.33. The first-order valence-corrected chi connectivity index (χ1v) is 10.7. The van der Waals surface area contributed by atoms with Gasteiger partial charge < -0.3 is 26.0 Å². The molecule has 0 aliphatic carbocycles. The smallest absolute Gasteiger partial charge is 0.238 e. The summed E-state index contributed by atoms with van der Waals surface area (Å²) in [6.45, 7) is 2.97. The van der Waals surface area contributed by atoms with Crippen LogP contribution < -0.4 is 21.4 Å². The van der Waals surface area contributed by atoms with Gasteiger partial charge in [0.15, 0.2) is 5.65 Å². The number of nitrogens with one attached hydrogen (secondary N) is 3. The van der Waals surface area contributed by atoms with Gasteiger partial charge >= 0.3 is 0 Å². The van der Waals surface area contributed by atoms with Crippen LogP contribution in [0.25, 0.3) is 5.65 Å². The summed E-state index contributed by atoms with van der Waals surface area (Å²) in [5.74, 6) is 1.30. The molecule has 0 spiro atoms. The number of aromatic nitrogens is 3. The minimum absolute atomic E-state index is 0.0234. The lowest BCUT2D eigenvalue weighted by molar-refractivity contribution is -0.116. The van der Waals surface area contributed by atoms with Gasteiger partial charge in [0.05, 0.1) is 19.2 Å². The Labute approximate surface area is 189 Å². The van der Waals surface area contributed by atoms with Crippen LogP contribution in [0.2, 0.25) is 0 Å². The normalized spacial score (nSPS) is 12.2. The Bertz CT molecular complexity index is 1040. The molecule has 1 atom stereocenters. The van der Waals surface area contributed by atoms with Crippen molar-refractivity contribution in [3.05, 3.63) is 42.1 Å². The highest BCUT2D eigenvalue weighted by Gasteiger charge is 2.12. The number of aliphatic hydroxyl groups is 1. The largest absolute Gasteiger partial charge is 0.394 e. The molecule has 0 saturated carbocycles. The Morgan fingerprint density at radius 3 is 2.69 bits per heavy atom. The van der Waals surface area contributed by atoms with E-state index in [1.807, 2.05) is 49.3 Å². The molecule has 168 valence electrons. The van der Waals surface area contributed by atoms with Gasteiger partial charge in [0, 0.05) is 24.5 Å². The number of anilines is 3. The highest BCUT2D eigenvalue weighted by Crippen LogP contribution is 2.18. The summed E-state index contributed by atoms with van der Waals surface area (Å²) in [7, 11) is 9.75. The van der Waals surface area contributed by atoms with Crippen molar-refractivity contribution in [1.82, 2.24) is 19.5 Å². The highest BCUT2D eigenvalue weighted by atomic mass is 16.3. The van der Waals surface area contributed by atoms with E-state index in [1.54, 1.807) is 10.7 Å². The number of aliphatic hydroxyl groups excluding tert-OH is 1. The van der Waals surface area contributed by atoms with E-state index in [4.69, 9.17) is 7.85 Å². The van der Waals surface area contributed by atoms with Gasteiger partial charge in [-0.1, -0.05) is 25.5 Å². The van der Waals surface area contributed by atoms with Crippen molar-refractivity contribution in [2.75, 3.05) is 43.2 Å². The van der Waals surface area contributed by atoms with Crippen LogP contribution in [0.1, 0.15) is 25.3 Å². The predicted octanol–water partition coefficient (Wildman–Crippen LogP) is 1.21. The number of amides is 1. The van der Waals surface area contributed by atoms with Crippen molar-refractivity contribution in [2.24, 2.45) is 0 Å². The van der Waals surface area contributed by atoms with Crippen LogP contribution in [0.15, 0.2) is 36.5 Å². The second-order valence-corrected chi connectivity index (χ2v) is 8.01. The third-order valence-electron chi connectivity index (χ3n) is 4.88. The molecule has 0 aliphatic rings. The lowest BCUT2D eigenvalue weighted by Gasteiger charge is -2.18. The molecular formula is C22H30BN7O2. The number of hydrogen-bond acceptors (Lipinski definition) is 7. The Morgan fingerprint density at radius 1 is 1.28 bits per heavy atom. The van der Waals surface area contributed by atoms with Crippen LogP contribution in [0.3, 0.4) is 0 Å². The zero-order valence-electron chi connectivity index (χ0n) is 18.8. The molecular weight excluding hydrogens is 405 g/mol. The Kier molecular flexibility index (Phi) is 8.07. The summed E-state index contributed by atoms with van der Waals surface area (Å²) in [4.78, 5) is 18.3. The van der Waals surface area contributed by atoms with Crippen molar-refractivity contribution < 1.29 is 9.90 Å². The maximum Gasteiger partial charge on any atom is 0.238 e. The molecule has 2 radical (unpaired) electrons. The first-order chi connectivity index (χ1) is 15.4. The maximum atomic E-state index is 11.9. The van der Waals surface area contributed by atoms with E-state index in [9.17, 15) is 9.90 Å². The van der Waals surface area contributed by atoms with Gasteiger partial charge in [-0.15, -0.1) is 0 Å². The second-order valence-electron chi connectivity index (χ2n) is 8.01. The summed E-state index contributed by atoms with van der Waals surface area (Å²) in [5, 5.41) is 23.5. The van der Waals surface area contributed by atoms with Crippen LogP contribution in [-0.4, -0.2) is 71.6 Å². The van der Waals surface area contributed by atoms with Crippen molar-refractivity contribution in [3.63, 3.8) is 0 Å². The van der Waals surface area contributed by atoms with Crippen LogP contribution in [-0.2, 0) is 11.3 Å². The Morgan fingerprint density at radius 2 is 2.03 bits per heavy atom. The molecule has 3 rings (SSSR count). The van der Waals surface area contributed by atoms with Crippen LogP contribution in [0.5, 0.6) is 0 Å². The van der Waals surface area contributed by atoms with Gasteiger partial charge in [-0.25, -0.2) is 4.98 Å². The van der Waals surface area contributed by atoms with E-state index in [0.29, 0.717) is 30.0 Å². The van der Waals surface area contributed by atoms with Crippen molar-refractivity contribution in [1.29, 1.82) is 0 Å². The topological polar surface area (TPSA) is 107 Å². The van der Waals surface area contributed by atoms with Gasteiger partial charge in [-0.05, 0) is 43.7 Å². The van der Waals surface area contributed by atoms with E-state index in [-0.39, 0.29) is 18.6 Å². The predicted molar refractivity (Wildman–Crippen MR) is 129 cm³/mol. The van der Waals surface area contributed by atoms with Crippen molar-refractivity contribution in [2.45, 2.75) is 32.4 Å². The monoisotopic (exact) mass is 435 g/mol. The summed E-state index contributed by atoms with van der Waals surface area (Å²) >= 11 is 0. The molecule has 0 saturated heterocycles. The van der Waals surface area contributed by atoms with Gasteiger partial charge in [0.2, 0.25) is 5.91 Å². The number of likely N-dealkylation sites (N-methyl/N-ethyl adjacent to an activating group) is 1. The van der Waals surface area contributed by atoms with E-state index in [0.717, 1.165) is 29.9 Å². The first kappa shape index (κ1) is 23.6. The number of carbonyl (C=O) groups is 1. The van der Waals surface area contributed by atoms with E-state index < -0.39 is 0 Å². The molecule has 9 nitrogen and oxygen atoms in total. The zero-order chi connectivity index (χ0) is 23.1. The summed E-state index contributed by atoms with van der Waals surface area (Å²) < 4.78 is 1.66. The third-order valence-corrected chi connectivity index (χ3v) is 4.88. The minimum atomic E-state index is -0.0813. The SMILES string of the molecule is [B]c1cnn2c(NCc3ccc(NC(=O)CN(C)C)cc3)cc(N[C@H](CO)CCC)nc12. The zero-order valence-corrected chi connectivity index (χ0v) is 18.8. The minimum Gasteiger partial charge on any atom is -0.394 e. The highest BCUT2D eigenvalue weighted by molar-refractivity contribution is 6.36. The van der Waals surface area contributed by atoms with E-state index in [1.165, 1.54) is 0 Å². The molecule has 3 aromatic rings. The van der Waals surface area contributed by atoms with Crippen molar-refractivity contribution in [3.8, 4) is 0 Å². The number of fused-ring (bicyclic) bond motifs is 1. The van der Waals surface area contributed by atoms with Gasteiger partial charge in [0.25, 0.3) is 0 Å². The number of carbonyl (C=O) groups excluding carboxylic acids is 1. The molecule has 32 heavy (non-hydrogen) atoms. The summed E-state index contributed by atoms with van der Waals surface area (Å²) in [6.07, 6.45) is 3.35. The van der Waals surface area contributed by atoms with E-state index >= 15 is 0 Å². The van der Waals surface area contributed by atoms with Gasteiger partial charge in [0.1, 0.15) is 19.5 Å². The molecule has 2 heterocycles. The average molecular weight is 435 g/mol. The molecule has 4 N–H and O–H groups in total. The summed E-state index contributed by atoms with van der Waals surface area (Å²) in [5.41, 5.74) is 2.81. The van der Waals surface area contributed by atoms with Crippen LogP contribution >= 0.6 is 0 Å². The molecule has 2 aromatic heterocycles. The molecule has 1 aromatic carbocycles. The average Bonchev–Trinajstić information content (AvgIpc) is 3.13. The molecule has 0 unspecified atom stereocenters. The molecule has 0 fully saturated rings. The maximum absolute atomic E-state index is 11.9. The van der Waals surface area contributed by atoms with E-state index in [2.05, 4.69) is 33.0 Å². The third kappa shape index (κ3) is 6.21. The standard InChI is InChI=1S/C22H30BN7O2/c1-4-5-17(14-31)26-19-10-20(30-22(28-19)18(23)12-25-30)24-11-15-6-8-16(9-7-15)27-21(32)13-29(2)3/h6-10,12,17,24,31H,4-5,11,13-14H2,1-3H3,(H,26,28)(H,27,32)/t17-/m0/s1. The summed E-state index contributed by atoms with van der Waals surface area (Å²) in [6, 6.07) is 9.44. The molecule has 10 heteroatoms. The van der Waals surface area contributed by atoms with Crippen LogP contribution in [0, 0.1) is 0 Å². The van der Waals surface area contributed by atoms with Gasteiger partial charge in [-0.3, -0.25) is 4.79 Å². The molecule has 0 bridgehead atoms. The fourth-order valence-electron chi connectivity index (χ4n) is 3.33. The fraction of sp³-hybridized carbons (Fsp3) is 0.409.